The van der Waals surface area contributed by atoms with Crippen LogP contribution in [0.2, 0.25) is 0 Å². The third-order valence-electron chi connectivity index (χ3n) is 3.60. The smallest absolute Gasteiger partial charge is 0.264 e. The fourth-order valence-corrected chi connectivity index (χ4v) is 3.31. The van der Waals surface area contributed by atoms with E-state index in [9.17, 15) is 4.79 Å². The number of rotatable bonds is 3. The van der Waals surface area contributed by atoms with Crippen LogP contribution >= 0.6 is 23.7 Å². The molecule has 0 aromatic carbocycles. The molecule has 1 saturated heterocycles. The predicted octanol–water partition coefficient (Wildman–Crippen LogP) is 2.36. The van der Waals surface area contributed by atoms with E-state index in [0.717, 1.165) is 24.4 Å². The Morgan fingerprint density at radius 2 is 2.41 bits per heavy atom. The Labute approximate surface area is 139 Å². The maximum atomic E-state index is 12.7. The summed E-state index contributed by atoms with van der Waals surface area (Å²) in [5.41, 5.74) is 1.06. The number of aromatic nitrogens is 1. The molecule has 2 aromatic heterocycles. The van der Waals surface area contributed by atoms with Crippen molar-refractivity contribution in [2.75, 3.05) is 26.7 Å². The number of nitrogens with zero attached hydrogens (tertiary/aromatic N) is 2. The van der Waals surface area contributed by atoms with Crippen molar-refractivity contribution in [3.8, 4) is 5.75 Å². The molecule has 5 nitrogen and oxygen atoms in total. The van der Waals surface area contributed by atoms with Crippen LogP contribution in [0.15, 0.2) is 36.0 Å². The van der Waals surface area contributed by atoms with Crippen LogP contribution in [0.3, 0.4) is 0 Å². The number of methoxy groups -OCH3 is 1. The first-order chi connectivity index (χ1) is 10.3. The quantitative estimate of drug-likeness (QED) is 0.932. The van der Waals surface area contributed by atoms with Gasteiger partial charge < -0.3 is 15.0 Å². The summed E-state index contributed by atoms with van der Waals surface area (Å²) in [6.45, 7) is 2.25. The van der Waals surface area contributed by atoms with E-state index in [2.05, 4.69) is 10.3 Å². The number of halogens is 1. The molecule has 0 spiro atoms. The van der Waals surface area contributed by atoms with Crippen LogP contribution in [0, 0.1) is 0 Å². The molecule has 118 valence electrons. The van der Waals surface area contributed by atoms with E-state index in [1.54, 1.807) is 19.4 Å². The first-order valence-corrected chi connectivity index (χ1v) is 7.71. The largest absolute Gasteiger partial charge is 0.496 e. The van der Waals surface area contributed by atoms with Gasteiger partial charge >= 0.3 is 0 Å². The van der Waals surface area contributed by atoms with Gasteiger partial charge in [0, 0.05) is 43.5 Å². The van der Waals surface area contributed by atoms with Gasteiger partial charge in [-0.1, -0.05) is 6.07 Å². The summed E-state index contributed by atoms with van der Waals surface area (Å²) >= 11 is 1.42. The van der Waals surface area contributed by atoms with Crippen molar-refractivity contribution in [1.82, 2.24) is 15.2 Å². The lowest BCUT2D eigenvalue weighted by atomic mass is 10.1. The maximum absolute atomic E-state index is 12.7. The zero-order chi connectivity index (χ0) is 14.7. The number of carbonyl (C=O) groups is 1. The average Bonchev–Trinajstić information content (AvgIpc) is 3.04. The van der Waals surface area contributed by atoms with Crippen molar-refractivity contribution in [3.63, 3.8) is 0 Å². The molecular formula is C15H18ClN3O2S. The minimum Gasteiger partial charge on any atom is -0.496 e. The van der Waals surface area contributed by atoms with Gasteiger partial charge in [-0.2, -0.15) is 0 Å². The lowest BCUT2D eigenvalue weighted by Gasteiger charge is -2.36. The van der Waals surface area contributed by atoms with Gasteiger partial charge in [0.2, 0.25) is 0 Å². The zero-order valence-electron chi connectivity index (χ0n) is 12.2. The Bertz CT molecular complexity index is 620. The monoisotopic (exact) mass is 339 g/mol. The Morgan fingerprint density at radius 3 is 3.09 bits per heavy atom. The van der Waals surface area contributed by atoms with Gasteiger partial charge in [0.25, 0.3) is 5.91 Å². The minimum absolute atomic E-state index is 0. The Kier molecular flexibility index (Phi) is 5.76. The predicted molar refractivity (Wildman–Crippen MR) is 89.0 cm³/mol. The SMILES string of the molecule is COc1csc(C(=O)N2CCNCC2c2cccnc2)c1.Cl. The zero-order valence-corrected chi connectivity index (χ0v) is 13.8. The molecule has 0 bridgehead atoms. The lowest BCUT2D eigenvalue weighted by molar-refractivity contribution is 0.0639. The molecule has 3 heterocycles. The summed E-state index contributed by atoms with van der Waals surface area (Å²) < 4.78 is 5.16. The second-order valence-electron chi connectivity index (χ2n) is 4.86. The number of hydrogen-bond donors (Lipinski definition) is 1. The fraction of sp³-hybridized carbons (Fsp3) is 0.333. The molecule has 7 heteroatoms. The second-order valence-corrected chi connectivity index (χ2v) is 5.77. The summed E-state index contributed by atoms with van der Waals surface area (Å²) in [5, 5.41) is 5.20. The molecule has 1 atom stereocenters. The molecule has 3 rings (SSSR count). The van der Waals surface area contributed by atoms with Gasteiger partial charge in [0.05, 0.1) is 18.0 Å². The first-order valence-electron chi connectivity index (χ1n) is 6.83. The summed E-state index contributed by atoms with van der Waals surface area (Å²) in [6, 6.07) is 5.74. The van der Waals surface area contributed by atoms with E-state index in [1.165, 1.54) is 11.3 Å². The van der Waals surface area contributed by atoms with E-state index in [-0.39, 0.29) is 24.4 Å². The third kappa shape index (κ3) is 3.40. The summed E-state index contributed by atoms with van der Waals surface area (Å²) in [6.07, 6.45) is 3.57. The van der Waals surface area contributed by atoms with Gasteiger partial charge in [-0.05, 0) is 11.6 Å². The molecule has 1 aliphatic heterocycles. The topological polar surface area (TPSA) is 54.5 Å². The van der Waals surface area contributed by atoms with Crippen LogP contribution in [0.25, 0.3) is 0 Å². The summed E-state index contributed by atoms with van der Waals surface area (Å²) in [5.74, 6) is 0.787. The van der Waals surface area contributed by atoms with E-state index in [0.29, 0.717) is 11.4 Å². The number of piperazine rings is 1. The fourth-order valence-electron chi connectivity index (χ4n) is 2.50. The van der Waals surface area contributed by atoms with Gasteiger partial charge in [-0.15, -0.1) is 23.7 Å². The second kappa shape index (κ2) is 7.58. The van der Waals surface area contributed by atoms with Crippen molar-refractivity contribution in [3.05, 3.63) is 46.4 Å². The number of amides is 1. The summed E-state index contributed by atoms with van der Waals surface area (Å²) in [7, 11) is 1.61. The molecule has 0 aliphatic carbocycles. The van der Waals surface area contributed by atoms with E-state index < -0.39 is 0 Å². The van der Waals surface area contributed by atoms with E-state index in [1.807, 2.05) is 28.6 Å². The van der Waals surface area contributed by atoms with Crippen molar-refractivity contribution in [1.29, 1.82) is 0 Å². The van der Waals surface area contributed by atoms with Crippen molar-refractivity contribution < 1.29 is 9.53 Å². The standard InChI is InChI=1S/C15H17N3O2S.ClH/c1-20-12-7-14(21-10-12)15(19)18-6-5-17-9-13(18)11-3-2-4-16-8-11;/h2-4,7-8,10,13,17H,5-6,9H2,1H3;1H. The highest BCUT2D eigenvalue weighted by Gasteiger charge is 2.29. The maximum Gasteiger partial charge on any atom is 0.264 e. The molecular weight excluding hydrogens is 322 g/mol. The Hall–Kier alpha value is -1.63. The molecule has 1 fully saturated rings. The van der Waals surface area contributed by atoms with Crippen LogP contribution in [-0.4, -0.2) is 42.5 Å². The highest BCUT2D eigenvalue weighted by Crippen LogP contribution is 2.27. The third-order valence-corrected chi connectivity index (χ3v) is 4.49. The Morgan fingerprint density at radius 1 is 1.55 bits per heavy atom. The normalized spacial score (nSPS) is 17.7. The molecule has 1 unspecified atom stereocenters. The number of carbonyl (C=O) groups excluding carboxylic acids is 1. The molecule has 2 aromatic rings. The van der Waals surface area contributed by atoms with Crippen LogP contribution in [0.1, 0.15) is 21.3 Å². The van der Waals surface area contributed by atoms with Crippen LogP contribution in [0.5, 0.6) is 5.75 Å². The van der Waals surface area contributed by atoms with Crippen molar-refractivity contribution >= 4 is 29.7 Å². The Balaban J connectivity index is 0.00000176. The average molecular weight is 340 g/mol. The van der Waals surface area contributed by atoms with Gasteiger partial charge in [-0.3, -0.25) is 9.78 Å². The number of thiophene rings is 1. The lowest BCUT2D eigenvalue weighted by Crippen LogP contribution is -2.48. The molecule has 22 heavy (non-hydrogen) atoms. The number of pyridine rings is 1. The molecule has 0 saturated carbocycles. The van der Waals surface area contributed by atoms with Gasteiger partial charge in [-0.25, -0.2) is 0 Å². The number of hydrogen-bond acceptors (Lipinski definition) is 5. The van der Waals surface area contributed by atoms with E-state index >= 15 is 0 Å². The van der Waals surface area contributed by atoms with E-state index in [4.69, 9.17) is 4.74 Å². The first kappa shape index (κ1) is 16.7. The molecule has 1 aliphatic rings. The molecule has 1 N–H and O–H groups in total. The highest BCUT2D eigenvalue weighted by atomic mass is 35.5. The van der Waals surface area contributed by atoms with Crippen LogP contribution in [0.4, 0.5) is 0 Å². The van der Waals surface area contributed by atoms with Crippen molar-refractivity contribution in [2.24, 2.45) is 0 Å². The molecule has 0 radical (unpaired) electrons. The number of ether oxygens (including phenoxy) is 1. The van der Waals surface area contributed by atoms with Crippen molar-refractivity contribution in [2.45, 2.75) is 6.04 Å². The van der Waals surface area contributed by atoms with Gasteiger partial charge in [0.1, 0.15) is 5.75 Å². The minimum atomic E-state index is 0. The van der Waals surface area contributed by atoms with Crippen LogP contribution in [-0.2, 0) is 0 Å². The van der Waals surface area contributed by atoms with Gasteiger partial charge in [0.15, 0.2) is 0 Å². The summed E-state index contributed by atoms with van der Waals surface area (Å²) in [4.78, 5) is 19.5. The van der Waals surface area contributed by atoms with Crippen LogP contribution < -0.4 is 10.1 Å². The molecule has 1 amide bonds. The number of nitrogens with one attached hydrogen (secondary N) is 1. The highest BCUT2D eigenvalue weighted by molar-refractivity contribution is 7.12.